The zero-order chi connectivity index (χ0) is 18.1. The van der Waals surface area contributed by atoms with Crippen LogP contribution < -0.4 is 15.4 Å². The molecule has 2 N–H and O–H groups in total. The van der Waals surface area contributed by atoms with Gasteiger partial charge in [-0.05, 0) is 68.3 Å². The highest BCUT2D eigenvalue weighted by molar-refractivity contribution is 5.54. The van der Waals surface area contributed by atoms with E-state index in [1.165, 1.54) is 17.8 Å². The van der Waals surface area contributed by atoms with E-state index in [0.717, 1.165) is 43.9 Å². The molecule has 2 saturated heterocycles. The van der Waals surface area contributed by atoms with Gasteiger partial charge in [-0.2, -0.15) is 0 Å². The van der Waals surface area contributed by atoms with Crippen molar-refractivity contribution in [3.05, 3.63) is 54.3 Å². The molecule has 0 amide bonds. The van der Waals surface area contributed by atoms with E-state index in [9.17, 15) is 4.39 Å². The van der Waals surface area contributed by atoms with E-state index >= 15 is 0 Å². The van der Waals surface area contributed by atoms with E-state index in [2.05, 4.69) is 28.9 Å². The van der Waals surface area contributed by atoms with Crippen LogP contribution in [0.2, 0.25) is 0 Å². The van der Waals surface area contributed by atoms with Crippen LogP contribution in [-0.4, -0.2) is 42.7 Å². The molecule has 1 unspecified atom stereocenters. The monoisotopic (exact) mass is 355 g/mol. The van der Waals surface area contributed by atoms with Crippen molar-refractivity contribution in [1.29, 1.82) is 0 Å². The molecular weight excluding hydrogens is 329 g/mol. The summed E-state index contributed by atoms with van der Waals surface area (Å²) in [7, 11) is 0. The summed E-state index contributed by atoms with van der Waals surface area (Å²) in [6, 6.07) is 15.5. The largest absolute Gasteiger partial charge is 0.489 e. The van der Waals surface area contributed by atoms with Gasteiger partial charge in [0.15, 0.2) is 0 Å². The molecule has 2 fully saturated rings. The Balaban J connectivity index is 1.40. The van der Waals surface area contributed by atoms with Crippen molar-refractivity contribution in [1.82, 2.24) is 4.90 Å². The van der Waals surface area contributed by atoms with Crippen molar-refractivity contribution in [3.63, 3.8) is 0 Å². The third kappa shape index (κ3) is 3.49. The predicted molar refractivity (Wildman–Crippen MR) is 103 cm³/mol. The Morgan fingerprint density at radius 1 is 1.00 bits per heavy atom. The van der Waals surface area contributed by atoms with Gasteiger partial charge in [-0.1, -0.05) is 0 Å². The molecule has 26 heavy (non-hydrogen) atoms. The van der Waals surface area contributed by atoms with Crippen LogP contribution >= 0.6 is 0 Å². The summed E-state index contributed by atoms with van der Waals surface area (Å²) < 4.78 is 19.1. The van der Waals surface area contributed by atoms with Crippen LogP contribution in [0, 0.1) is 5.82 Å². The highest BCUT2D eigenvalue weighted by Crippen LogP contribution is 2.31. The molecule has 0 saturated carbocycles. The van der Waals surface area contributed by atoms with Crippen molar-refractivity contribution in [2.45, 2.75) is 38.0 Å². The number of nitrogens with zero attached hydrogens (tertiary/aromatic N) is 2. The first-order valence-electron chi connectivity index (χ1n) is 9.38. The second-order valence-electron chi connectivity index (χ2n) is 7.36. The molecule has 138 valence electrons. The van der Waals surface area contributed by atoms with Crippen LogP contribution in [0.15, 0.2) is 48.5 Å². The molecule has 0 aliphatic carbocycles. The highest BCUT2D eigenvalue weighted by Gasteiger charge is 2.38. The van der Waals surface area contributed by atoms with Crippen molar-refractivity contribution in [3.8, 4) is 5.75 Å². The molecule has 4 rings (SSSR count). The fourth-order valence-electron chi connectivity index (χ4n) is 4.31. The fourth-order valence-corrected chi connectivity index (χ4v) is 4.31. The first-order chi connectivity index (χ1) is 12.6. The number of nitrogen functional groups attached to an aromatic ring is 1. The Kier molecular flexibility index (Phi) is 4.72. The fraction of sp³-hybridized carbons (Fsp3) is 0.429. The molecule has 0 spiro atoms. The van der Waals surface area contributed by atoms with Gasteiger partial charge in [-0.3, -0.25) is 4.90 Å². The lowest BCUT2D eigenvalue weighted by Crippen LogP contribution is -2.62. The number of ether oxygens (including phenoxy) is 1. The van der Waals surface area contributed by atoms with Crippen LogP contribution in [0.1, 0.15) is 19.8 Å². The molecule has 5 heteroatoms. The Labute approximate surface area is 154 Å². The maximum Gasteiger partial charge on any atom is 0.123 e. The van der Waals surface area contributed by atoms with Crippen LogP contribution in [-0.2, 0) is 0 Å². The zero-order valence-corrected chi connectivity index (χ0v) is 15.1. The number of piperidine rings is 1. The first-order valence-corrected chi connectivity index (χ1v) is 9.38. The average Bonchev–Trinajstić information content (AvgIpc) is 2.65. The molecule has 2 aromatic rings. The maximum atomic E-state index is 13.1. The average molecular weight is 355 g/mol. The maximum absolute atomic E-state index is 13.1. The number of fused-ring (bicyclic) bond motifs is 1. The van der Waals surface area contributed by atoms with E-state index in [1.54, 1.807) is 12.1 Å². The minimum Gasteiger partial charge on any atom is -0.489 e. The van der Waals surface area contributed by atoms with E-state index in [-0.39, 0.29) is 11.9 Å². The molecular formula is C21H26FN3O. The summed E-state index contributed by atoms with van der Waals surface area (Å²) in [5.41, 5.74) is 7.87. The summed E-state index contributed by atoms with van der Waals surface area (Å²) >= 11 is 0. The SMILES string of the molecule is CC1[C@@H]2CC[C@@H](Oc3ccc(F)cc3)CN2CCN1c1ccc(N)cc1. The molecule has 0 radical (unpaired) electrons. The Bertz CT molecular complexity index is 734. The van der Waals surface area contributed by atoms with Gasteiger partial charge in [0.25, 0.3) is 0 Å². The molecule has 0 bridgehead atoms. The molecule has 2 aliphatic rings. The van der Waals surface area contributed by atoms with Crippen molar-refractivity contribution < 1.29 is 9.13 Å². The number of nitrogens with two attached hydrogens (primary N) is 1. The molecule has 3 atom stereocenters. The van der Waals surface area contributed by atoms with Gasteiger partial charge < -0.3 is 15.4 Å². The summed E-state index contributed by atoms with van der Waals surface area (Å²) in [5, 5.41) is 0. The standard InChI is InChI=1S/C21H26FN3O/c1-15-21-11-10-20(26-19-8-2-16(22)3-9-19)14-24(21)12-13-25(15)18-6-4-17(23)5-7-18/h2-9,15,20-21H,10-14,23H2,1H3/t15?,20-,21+/m1/s1. The lowest BCUT2D eigenvalue weighted by atomic mass is 9.91. The number of hydrogen-bond acceptors (Lipinski definition) is 4. The quantitative estimate of drug-likeness (QED) is 0.856. The second-order valence-corrected chi connectivity index (χ2v) is 7.36. The molecule has 0 aromatic heterocycles. The minimum atomic E-state index is -0.228. The van der Waals surface area contributed by atoms with Crippen LogP contribution in [0.25, 0.3) is 0 Å². The van der Waals surface area contributed by atoms with E-state index in [4.69, 9.17) is 10.5 Å². The van der Waals surface area contributed by atoms with Gasteiger partial charge in [0.1, 0.15) is 17.7 Å². The minimum absolute atomic E-state index is 0.173. The zero-order valence-electron chi connectivity index (χ0n) is 15.1. The lowest BCUT2D eigenvalue weighted by Gasteiger charge is -2.51. The van der Waals surface area contributed by atoms with E-state index in [0.29, 0.717) is 12.1 Å². The van der Waals surface area contributed by atoms with E-state index < -0.39 is 0 Å². The molecule has 4 nitrogen and oxygen atoms in total. The van der Waals surface area contributed by atoms with Gasteiger partial charge in [-0.15, -0.1) is 0 Å². The number of halogens is 1. The Morgan fingerprint density at radius 2 is 1.73 bits per heavy atom. The number of piperazine rings is 1. The molecule has 2 aromatic carbocycles. The van der Waals surface area contributed by atoms with Crippen molar-refractivity contribution >= 4 is 11.4 Å². The van der Waals surface area contributed by atoms with E-state index in [1.807, 2.05) is 12.1 Å². The van der Waals surface area contributed by atoms with Crippen molar-refractivity contribution in [2.75, 3.05) is 30.3 Å². The van der Waals surface area contributed by atoms with Gasteiger partial charge in [0.2, 0.25) is 0 Å². The smallest absolute Gasteiger partial charge is 0.123 e. The van der Waals surface area contributed by atoms with Crippen LogP contribution in [0.5, 0.6) is 5.75 Å². The van der Waals surface area contributed by atoms with Crippen LogP contribution in [0.4, 0.5) is 15.8 Å². The first kappa shape index (κ1) is 17.2. The van der Waals surface area contributed by atoms with Crippen LogP contribution in [0.3, 0.4) is 0 Å². The summed E-state index contributed by atoms with van der Waals surface area (Å²) in [6.45, 7) is 5.28. The van der Waals surface area contributed by atoms with Gasteiger partial charge in [-0.25, -0.2) is 4.39 Å². The third-order valence-corrected chi connectivity index (χ3v) is 5.71. The van der Waals surface area contributed by atoms with Crippen molar-refractivity contribution in [2.24, 2.45) is 0 Å². The highest BCUT2D eigenvalue weighted by atomic mass is 19.1. The number of rotatable bonds is 3. The lowest BCUT2D eigenvalue weighted by molar-refractivity contribution is 0.0290. The van der Waals surface area contributed by atoms with Gasteiger partial charge >= 0.3 is 0 Å². The predicted octanol–water partition coefficient (Wildman–Crippen LogP) is 3.53. The topological polar surface area (TPSA) is 41.7 Å². The van der Waals surface area contributed by atoms with Gasteiger partial charge in [0.05, 0.1) is 0 Å². The summed E-state index contributed by atoms with van der Waals surface area (Å²) in [6.07, 6.45) is 2.31. The second kappa shape index (κ2) is 7.16. The Hall–Kier alpha value is -2.27. The number of anilines is 2. The molecule has 2 heterocycles. The Morgan fingerprint density at radius 3 is 2.46 bits per heavy atom. The molecule has 2 aliphatic heterocycles. The number of benzene rings is 2. The number of hydrogen-bond donors (Lipinski definition) is 1. The summed E-state index contributed by atoms with van der Waals surface area (Å²) in [4.78, 5) is 5.04. The third-order valence-electron chi connectivity index (χ3n) is 5.71. The summed E-state index contributed by atoms with van der Waals surface area (Å²) in [5.74, 6) is 0.525. The van der Waals surface area contributed by atoms with Gasteiger partial charge in [0, 0.05) is 43.1 Å². The normalized spacial score (nSPS) is 26.4.